The zero-order chi connectivity index (χ0) is 22.6. The minimum atomic E-state index is -3.53. The van der Waals surface area contributed by atoms with Gasteiger partial charge in [0.25, 0.3) is 0 Å². The number of amides is 1. The van der Waals surface area contributed by atoms with Crippen molar-refractivity contribution in [3.63, 3.8) is 0 Å². The van der Waals surface area contributed by atoms with Gasteiger partial charge in [0.1, 0.15) is 0 Å². The predicted molar refractivity (Wildman–Crippen MR) is 127 cm³/mol. The van der Waals surface area contributed by atoms with Gasteiger partial charge in [0.2, 0.25) is 15.9 Å². The maximum atomic E-state index is 12.8. The van der Waals surface area contributed by atoms with Crippen molar-refractivity contribution < 1.29 is 13.2 Å². The Hall–Kier alpha value is -2.42. The Kier molecular flexibility index (Phi) is 7.35. The molecule has 31 heavy (non-hydrogen) atoms. The van der Waals surface area contributed by atoms with Crippen LogP contribution in [0, 0.1) is 13.8 Å². The van der Waals surface area contributed by atoms with Crippen LogP contribution in [0.15, 0.2) is 58.5 Å². The lowest BCUT2D eigenvalue weighted by Crippen LogP contribution is -2.30. The second-order valence-corrected chi connectivity index (χ2v) is 10.2. The van der Waals surface area contributed by atoms with E-state index in [4.69, 9.17) is 0 Å². The largest absolute Gasteiger partial charge is 0.325 e. The summed E-state index contributed by atoms with van der Waals surface area (Å²) >= 11 is 1.35. The highest BCUT2D eigenvalue weighted by atomic mass is 32.2. The van der Waals surface area contributed by atoms with E-state index in [-0.39, 0.29) is 16.6 Å². The van der Waals surface area contributed by atoms with Crippen LogP contribution >= 0.6 is 11.8 Å². The van der Waals surface area contributed by atoms with Crippen molar-refractivity contribution in [2.24, 2.45) is 0 Å². The molecule has 6 nitrogen and oxygen atoms in total. The Morgan fingerprint density at radius 3 is 2.35 bits per heavy atom. The van der Waals surface area contributed by atoms with Crippen molar-refractivity contribution in [1.82, 2.24) is 9.29 Å². The van der Waals surface area contributed by atoms with Gasteiger partial charge in [-0.15, -0.1) is 0 Å². The van der Waals surface area contributed by atoms with Crippen molar-refractivity contribution in [3.8, 4) is 0 Å². The number of aryl methyl sites for hydroxylation is 2. The number of carbonyl (C=O) groups is 1. The molecule has 0 radical (unpaired) electrons. The molecule has 3 rings (SSSR count). The van der Waals surface area contributed by atoms with E-state index in [1.165, 1.54) is 16.1 Å². The number of hydrogen-bond donors (Lipinski definition) is 1. The summed E-state index contributed by atoms with van der Waals surface area (Å²) in [6.07, 6.45) is 0. The van der Waals surface area contributed by atoms with E-state index in [2.05, 4.69) is 10.3 Å². The molecule has 1 N–H and O–H groups in total. The van der Waals surface area contributed by atoms with E-state index in [1.807, 2.05) is 58.0 Å². The molecule has 0 unspecified atom stereocenters. The van der Waals surface area contributed by atoms with Crippen LogP contribution in [0.3, 0.4) is 0 Å². The molecule has 3 aromatic rings. The molecule has 0 bridgehead atoms. The number of nitrogens with zero attached hydrogens (tertiary/aromatic N) is 2. The van der Waals surface area contributed by atoms with E-state index in [0.29, 0.717) is 18.6 Å². The predicted octanol–water partition coefficient (Wildman–Crippen LogP) is 4.61. The molecule has 0 fully saturated rings. The fraction of sp³-hybridized carbons (Fsp3) is 0.304. The van der Waals surface area contributed by atoms with Gasteiger partial charge in [0.05, 0.1) is 21.2 Å². The lowest BCUT2D eigenvalue weighted by molar-refractivity contribution is -0.113. The van der Waals surface area contributed by atoms with Gasteiger partial charge in [0.15, 0.2) is 0 Å². The first kappa shape index (κ1) is 23.2. The molecule has 1 aromatic heterocycles. The molecule has 0 atom stereocenters. The molecular formula is C23H27N3O3S2. The zero-order valence-electron chi connectivity index (χ0n) is 18.2. The Labute approximate surface area is 188 Å². The number of thioether (sulfide) groups is 1. The molecule has 0 spiro atoms. The maximum absolute atomic E-state index is 12.8. The van der Waals surface area contributed by atoms with Crippen molar-refractivity contribution in [1.29, 1.82) is 0 Å². The lowest BCUT2D eigenvalue weighted by atomic mass is 10.1. The molecule has 0 aliphatic carbocycles. The highest BCUT2D eigenvalue weighted by molar-refractivity contribution is 7.99. The summed E-state index contributed by atoms with van der Waals surface area (Å²) in [6.45, 7) is 8.43. The minimum Gasteiger partial charge on any atom is -0.325 e. The molecule has 1 heterocycles. The van der Waals surface area contributed by atoms with Gasteiger partial charge in [0, 0.05) is 24.2 Å². The summed E-state index contributed by atoms with van der Waals surface area (Å²) in [5.74, 6) is 0.134. The number of benzene rings is 2. The van der Waals surface area contributed by atoms with E-state index in [1.54, 1.807) is 18.2 Å². The van der Waals surface area contributed by atoms with Gasteiger partial charge in [-0.3, -0.25) is 4.79 Å². The molecule has 0 saturated heterocycles. The number of anilines is 1. The van der Waals surface area contributed by atoms with Crippen LogP contribution < -0.4 is 5.32 Å². The number of fused-ring (bicyclic) bond motifs is 1. The number of nitrogens with one attached hydrogen (secondary N) is 1. The van der Waals surface area contributed by atoms with Crippen LogP contribution in [-0.4, -0.2) is 42.5 Å². The molecule has 8 heteroatoms. The third-order valence-electron chi connectivity index (χ3n) is 4.99. The molecule has 1 amide bonds. The summed E-state index contributed by atoms with van der Waals surface area (Å²) in [7, 11) is -3.53. The smallest absolute Gasteiger partial charge is 0.243 e. The Balaban J connectivity index is 1.76. The van der Waals surface area contributed by atoms with Crippen LogP contribution in [0.5, 0.6) is 0 Å². The van der Waals surface area contributed by atoms with Crippen molar-refractivity contribution >= 4 is 44.3 Å². The average molecular weight is 458 g/mol. The maximum Gasteiger partial charge on any atom is 0.243 e. The summed E-state index contributed by atoms with van der Waals surface area (Å²) < 4.78 is 27.1. The van der Waals surface area contributed by atoms with Gasteiger partial charge in [-0.05, 0) is 55.8 Å². The van der Waals surface area contributed by atoms with Crippen LogP contribution in [0.25, 0.3) is 10.9 Å². The van der Waals surface area contributed by atoms with Crippen LogP contribution in [0.1, 0.15) is 25.0 Å². The Bertz CT molecular complexity index is 1190. The van der Waals surface area contributed by atoms with Gasteiger partial charge < -0.3 is 5.32 Å². The summed E-state index contributed by atoms with van der Waals surface area (Å²) in [6, 6.07) is 14.6. The number of hydrogen-bond acceptors (Lipinski definition) is 5. The zero-order valence-corrected chi connectivity index (χ0v) is 19.8. The summed E-state index contributed by atoms with van der Waals surface area (Å²) in [5, 5.41) is 4.40. The summed E-state index contributed by atoms with van der Waals surface area (Å²) in [4.78, 5) is 17.1. The molecule has 0 aliphatic rings. The number of pyridine rings is 1. The SMILES string of the molecule is CCN(CC)S(=O)(=O)c1ccc2nc(SCC(=O)Nc3ccc(C)cc3)cc(C)c2c1. The fourth-order valence-corrected chi connectivity index (χ4v) is 5.52. The normalized spacial score (nSPS) is 11.8. The Morgan fingerprint density at radius 2 is 1.71 bits per heavy atom. The highest BCUT2D eigenvalue weighted by Gasteiger charge is 2.22. The Morgan fingerprint density at radius 1 is 1.03 bits per heavy atom. The third kappa shape index (κ3) is 5.44. The quantitative estimate of drug-likeness (QED) is 0.500. The van der Waals surface area contributed by atoms with Crippen LogP contribution in [-0.2, 0) is 14.8 Å². The van der Waals surface area contributed by atoms with Crippen molar-refractivity contribution in [2.45, 2.75) is 37.6 Å². The molecule has 0 saturated carbocycles. The minimum absolute atomic E-state index is 0.103. The third-order valence-corrected chi connectivity index (χ3v) is 7.95. The monoisotopic (exact) mass is 457 g/mol. The van der Waals surface area contributed by atoms with Gasteiger partial charge in [-0.1, -0.05) is 43.3 Å². The van der Waals surface area contributed by atoms with Crippen molar-refractivity contribution in [2.75, 3.05) is 24.2 Å². The lowest BCUT2D eigenvalue weighted by Gasteiger charge is -2.19. The van der Waals surface area contributed by atoms with Gasteiger partial charge >= 0.3 is 0 Å². The fourth-order valence-electron chi connectivity index (χ4n) is 3.26. The number of sulfonamides is 1. The first-order chi connectivity index (χ1) is 14.7. The van der Waals surface area contributed by atoms with E-state index >= 15 is 0 Å². The first-order valence-corrected chi connectivity index (χ1v) is 12.6. The second-order valence-electron chi connectivity index (χ2n) is 7.25. The molecule has 164 valence electrons. The topological polar surface area (TPSA) is 79.4 Å². The van der Waals surface area contributed by atoms with Gasteiger partial charge in [-0.2, -0.15) is 4.31 Å². The van der Waals surface area contributed by atoms with Crippen LogP contribution in [0.4, 0.5) is 5.69 Å². The van der Waals surface area contributed by atoms with E-state index < -0.39 is 10.0 Å². The van der Waals surface area contributed by atoms with E-state index in [9.17, 15) is 13.2 Å². The standard InChI is InChI=1S/C23H27N3O3S2/c1-5-26(6-2)31(28,29)19-11-12-21-20(14-19)17(4)13-23(25-21)30-15-22(27)24-18-9-7-16(3)8-10-18/h7-14H,5-6,15H2,1-4H3,(H,24,27). The number of aromatic nitrogens is 1. The van der Waals surface area contributed by atoms with Gasteiger partial charge in [-0.25, -0.2) is 13.4 Å². The molecule has 0 aliphatic heterocycles. The number of carbonyl (C=O) groups excluding carboxylic acids is 1. The average Bonchev–Trinajstić information content (AvgIpc) is 2.74. The molecule has 2 aromatic carbocycles. The van der Waals surface area contributed by atoms with Crippen molar-refractivity contribution in [3.05, 3.63) is 59.7 Å². The second kappa shape index (κ2) is 9.80. The number of rotatable bonds is 8. The molecular weight excluding hydrogens is 430 g/mol. The first-order valence-electron chi connectivity index (χ1n) is 10.2. The highest BCUT2D eigenvalue weighted by Crippen LogP contribution is 2.27. The summed E-state index contributed by atoms with van der Waals surface area (Å²) in [5.41, 5.74) is 3.53. The van der Waals surface area contributed by atoms with E-state index in [0.717, 1.165) is 27.2 Å². The van der Waals surface area contributed by atoms with Crippen LogP contribution in [0.2, 0.25) is 0 Å².